The average Bonchev–Trinajstić information content (AvgIpc) is 2.86. The molecule has 6 nitrogen and oxygen atoms in total. The summed E-state index contributed by atoms with van der Waals surface area (Å²) in [6.07, 6.45) is -1.09. The van der Waals surface area contributed by atoms with Gasteiger partial charge in [-0.15, -0.1) is 0 Å². The van der Waals surface area contributed by atoms with Crippen LogP contribution < -0.4 is 12.4 Å². The molecule has 126 valence electrons. The van der Waals surface area contributed by atoms with Gasteiger partial charge in [-0.3, -0.25) is 0 Å². The van der Waals surface area contributed by atoms with Crippen molar-refractivity contribution in [2.45, 2.75) is 6.18 Å². The van der Waals surface area contributed by atoms with Gasteiger partial charge in [-0.1, -0.05) is 11.6 Å². The summed E-state index contributed by atoms with van der Waals surface area (Å²) in [6, 6.07) is 2.46. The van der Waals surface area contributed by atoms with Gasteiger partial charge >= 0.3 is 12.1 Å². The molecule has 0 amide bonds. The Labute approximate surface area is 144 Å². The monoisotopic (exact) mass is 377 g/mol. The van der Waals surface area contributed by atoms with Crippen LogP contribution in [0.1, 0.15) is 16.8 Å². The number of aromatic nitrogens is 3. The molecule has 2 aromatic heterocycles. The Morgan fingerprint density at radius 3 is 2.58 bits per heavy atom. The van der Waals surface area contributed by atoms with Gasteiger partial charge in [-0.2, -0.15) is 23.5 Å². The minimum Gasteiger partial charge on any atom is -1.00 e. The van der Waals surface area contributed by atoms with E-state index in [0.717, 1.165) is 23.0 Å². The second-order valence-corrected chi connectivity index (χ2v) is 4.57. The minimum atomic E-state index is -4.61. The lowest BCUT2D eigenvalue weighted by atomic mass is 10.2. The zero-order valence-electron chi connectivity index (χ0n) is 11.4. The highest BCUT2D eigenvalue weighted by atomic mass is 35.5. The smallest absolute Gasteiger partial charge is 0.417 e. The number of halogens is 5. The first-order chi connectivity index (χ1) is 10.7. The maximum atomic E-state index is 12.6. The van der Waals surface area contributed by atoms with E-state index < -0.39 is 17.7 Å². The summed E-state index contributed by atoms with van der Waals surface area (Å²) in [5, 5.41) is 21.1. The molecule has 2 aromatic rings. The van der Waals surface area contributed by atoms with E-state index >= 15 is 0 Å². The van der Waals surface area contributed by atoms with Gasteiger partial charge in [-0.05, 0) is 12.1 Å². The van der Waals surface area contributed by atoms with Crippen molar-refractivity contribution in [2.24, 2.45) is 0 Å². The molecule has 1 N–H and O–H groups in total. The molecule has 11 heteroatoms. The third kappa shape index (κ3) is 4.04. The van der Waals surface area contributed by atoms with Gasteiger partial charge in [0.2, 0.25) is 0 Å². The molecule has 2 rings (SSSR count). The van der Waals surface area contributed by atoms with Crippen LogP contribution in [0.5, 0.6) is 0 Å². The van der Waals surface area contributed by atoms with Gasteiger partial charge in [0.05, 0.1) is 28.0 Å². The normalized spacial score (nSPS) is 11.1. The molecular formula is C13H6Cl2F3N4O2-. The number of carboxylic acids is 1. The predicted molar refractivity (Wildman–Crippen MR) is 72.8 cm³/mol. The van der Waals surface area contributed by atoms with Crippen molar-refractivity contribution in [3.8, 4) is 11.9 Å². The standard InChI is InChI=1S/C13H6ClF3N4O2.ClH/c14-9-3-8(13(15,16)17)6-19-12(9)21-10(1-2-11(22)23)7(4-18)5-20-21;/h1-3,5-6H,(H,22,23);1H/p-1. The number of pyridine rings is 1. The van der Waals surface area contributed by atoms with Crippen molar-refractivity contribution < 1.29 is 35.5 Å². The summed E-state index contributed by atoms with van der Waals surface area (Å²) in [7, 11) is 0. The number of rotatable bonds is 3. The molecule has 0 fully saturated rings. The molecule has 0 spiro atoms. The van der Waals surface area contributed by atoms with E-state index in [0.29, 0.717) is 12.3 Å². The van der Waals surface area contributed by atoms with Gasteiger partial charge in [0, 0.05) is 12.3 Å². The number of carbonyl (C=O) groups is 1. The van der Waals surface area contributed by atoms with E-state index in [4.69, 9.17) is 22.0 Å². The third-order valence-corrected chi connectivity index (χ3v) is 2.94. The summed E-state index contributed by atoms with van der Waals surface area (Å²) in [6.45, 7) is 0. The van der Waals surface area contributed by atoms with Gasteiger partial charge in [0.25, 0.3) is 0 Å². The number of hydrogen-bond acceptors (Lipinski definition) is 4. The van der Waals surface area contributed by atoms with E-state index in [2.05, 4.69) is 10.1 Å². The minimum absolute atomic E-state index is 0. The maximum Gasteiger partial charge on any atom is 0.417 e. The average molecular weight is 378 g/mol. The number of aliphatic carboxylic acids is 1. The van der Waals surface area contributed by atoms with E-state index in [-0.39, 0.29) is 34.5 Å². The molecule has 0 radical (unpaired) electrons. The third-order valence-electron chi connectivity index (χ3n) is 2.66. The molecule has 0 aromatic carbocycles. The molecule has 0 bridgehead atoms. The molecule has 0 saturated heterocycles. The van der Waals surface area contributed by atoms with E-state index in [1.165, 1.54) is 0 Å². The first-order valence-corrected chi connectivity index (χ1v) is 6.24. The van der Waals surface area contributed by atoms with E-state index in [9.17, 15) is 18.0 Å². The van der Waals surface area contributed by atoms with Gasteiger partial charge in [0.1, 0.15) is 6.07 Å². The summed E-state index contributed by atoms with van der Waals surface area (Å²) < 4.78 is 38.8. The summed E-state index contributed by atoms with van der Waals surface area (Å²) in [5.41, 5.74) is -0.995. The topological polar surface area (TPSA) is 91.8 Å². The van der Waals surface area contributed by atoms with Crippen LogP contribution in [-0.4, -0.2) is 25.8 Å². The van der Waals surface area contributed by atoms with Crippen LogP contribution in [-0.2, 0) is 11.0 Å². The van der Waals surface area contributed by atoms with Gasteiger partial charge in [0.15, 0.2) is 5.82 Å². The molecule has 0 aliphatic heterocycles. The fourth-order valence-corrected chi connectivity index (χ4v) is 1.91. The molecule has 0 saturated carbocycles. The van der Waals surface area contributed by atoms with Crippen molar-refractivity contribution in [1.82, 2.24) is 14.8 Å². The molecule has 0 aliphatic rings. The lowest BCUT2D eigenvalue weighted by Crippen LogP contribution is -3.00. The van der Waals surface area contributed by atoms with Crippen LogP contribution in [0.25, 0.3) is 11.9 Å². The Hall–Kier alpha value is -2.57. The second-order valence-electron chi connectivity index (χ2n) is 4.17. The quantitative estimate of drug-likeness (QED) is 0.755. The number of carboxylic acid groups (broad SMARTS) is 1. The lowest BCUT2D eigenvalue weighted by molar-refractivity contribution is -0.137. The van der Waals surface area contributed by atoms with Crippen LogP contribution in [0.4, 0.5) is 13.2 Å². The van der Waals surface area contributed by atoms with Crippen molar-refractivity contribution in [1.29, 1.82) is 5.26 Å². The highest BCUT2D eigenvalue weighted by molar-refractivity contribution is 6.32. The van der Waals surface area contributed by atoms with Crippen LogP contribution in [0.3, 0.4) is 0 Å². The van der Waals surface area contributed by atoms with Crippen molar-refractivity contribution in [2.75, 3.05) is 0 Å². The molecule has 0 aliphatic carbocycles. The summed E-state index contributed by atoms with van der Waals surface area (Å²) >= 11 is 5.81. The van der Waals surface area contributed by atoms with Crippen molar-refractivity contribution in [3.63, 3.8) is 0 Å². The zero-order chi connectivity index (χ0) is 17.2. The first-order valence-electron chi connectivity index (χ1n) is 5.86. The molecule has 24 heavy (non-hydrogen) atoms. The maximum absolute atomic E-state index is 12.6. The Morgan fingerprint density at radius 2 is 2.08 bits per heavy atom. The predicted octanol–water partition coefficient (Wildman–Crippen LogP) is -0.0870. The SMILES string of the molecule is N#Cc1cnn(-c2ncc(C(F)(F)F)cc2Cl)c1C=CC(=O)O.[Cl-]. The Morgan fingerprint density at radius 1 is 1.42 bits per heavy atom. The number of hydrogen-bond donors (Lipinski definition) is 1. The Balaban J connectivity index is 0.00000288. The lowest BCUT2D eigenvalue weighted by Gasteiger charge is -2.10. The van der Waals surface area contributed by atoms with Crippen molar-refractivity contribution in [3.05, 3.63) is 46.4 Å². The Bertz CT molecular complexity index is 841. The highest BCUT2D eigenvalue weighted by Crippen LogP contribution is 2.32. The molecule has 0 unspecified atom stereocenters. The van der Waals surface area contributed by atoms with E-state index in [1.54, 1.807) is 6.07 Å². The van der Waals surface area contributed by atoms with Crippen molar-refractivity contribution >= 4 is 23.6 Å². The summed E-state index contributed by atoms with van der Waals surface area (Å²) in [5.74, 6) is -1.43. The van der Waals surface area contributed by atoms with Gasteiger partial charge in [-0.25, -0.2) is 14.5 Å². The number of alkyl halides is 3. The first kappa shape index (κ1) is 19.5. The van der Waals surface area contributed by atoms with Crippen LogP contribution in [0.15, 0.2) is 24.5 Å². The van der Waals surface area contributed by atoms with Crippen LogP contribution in [0.2, 0.25) is 5.02 Å². The van der Waals surface area contributed by atoms with Crippen LogP contribution >= 0.6 is 11.6 Å². The molecule has 0 atom stereocenters. The zero-order valence-corrected chi connectivity index (χ0v) is 12.9. The Kier molecular flexibility index (Phi) is 5.95. The summed E-state index contributed by atoms with van der Waals surface area (Å²) in [4.78, 5) is 14.2. The fraction of sp³-hybridized carbons (Fsp3) is 0.0769. The second kappa shape index (κ2) is 7.33. The largest absolute Gasteiger partial charge is 1.00 e. The van der Waals surface area contributed by atoms with E-state index in [1.807, 2.05) is 0 Å². The van der Waals surface area contributed by atoms with Crippen LogP contribution in [0, 0.1) is 11.3 Å². The number of nitrogens with zero attached hydrogens (tertiary/aromatic N) is 4. The molecule has 2 heterocycles. The molecular weight excluding hydrogens is 372 g/mol. The number of nitriles is 1. The van der Waals surface area contributed by atoms with Gasteiger partial charge < -0.3 is 17.5 Å². The fourth-order valence-electron chi connectivity index (χ4n) is 1.66. The highest BCUT2D eigenvalue weighted by Gasteiger charge is 2.32.